The summed E-state index contributed by atoms with van der Waals surface area (Å²) in [6.45, 7) is 31.4. The lowest BCUT2D eigenvalue weighted by Crippen LogP contribution is -2.11. The van der Waals surface area contributed by atoms with E-state index in [-0.39, 0.29) is 10.8 Å². The Labute approximate surface area is 581 Å². The van der Waals surface area contributed by atoms with Crippen LogP contribution in [0.25, 0.3) is 89.0 Å². The van der Waals surface area contributed by atoms with E-state index in [1.165, 1.54) is 11.1 Å². The van der Waals surface area contributed by atoms with Gasteiger partial charge in [0, 0.05) is 34.7 Å². The second kappa shape index (κ2) is 32.1. The fourth-order valence-electron chi connectivity index (χ4n) is 11.6. The monoisotopic (exact) mass is 1280 g/mol. The van der Waals surface area contributed by atoms with Crippen molar-refractivity contribution in [1.82, 2.24) is 0 Å². The maximum atomic E-state index is 5.94. The Hall–Kier alpha value is -11.1. The van der Waals surface area contributed by atoms with E-state index in [2.05, 4.69) is 262 Å². The molecule has 0 spiro atoms. The molecule has 98 heavy (non-hydrogen) atoms. The minimum Gasteiger partial charge on any atom is -0.493 e. The summed E-state index contributed by atoms with van der Waals surface area (Å²) in [7, 11) is 0. The molecule has 0 fully saturated rings. The van der Waals surface area contributed by atoms with Crippen molar-refractivity contribution in [1.29, 1.82) is 0 Å². The number of rotatable bonds is 28. The van der Waals surface area contributed by atoms with E-state index in [1.807, 2.05) is 85.3 Å². The number of benzene rings is 11. The number of hydrogen-bond acceptors (Lipinski definition) is 6. The van der Waals surface area contributed by atoms with Gasteiger partial charge in [-0.25, -0.2) is 0 Å². The van der Waals surface area contributed by atoms with Gasteiger partial charge in [-0.15, -0.1) is 26.3 Å². The predicted octanol–water partition coefficient (Wildman–Crippen LogP) is 24.9. The molecule has 0 aromatic heterocycles. The van der Waals surface area contributed by atoms with Crippen molar-refractivity contribution in [3.63, 3.8) is 0 Å². The lowest BCUT2D eigenvalue weighted by Gasteiger charge is -2.24. The molecule has 0 aliphatic rings. The van der Waals surface area contributed by atoms with Crippen LogP contribution in [-0.4, -0.2) is 38.9 Å². The third-order valence-electron chi connectivity index (χ3n) is 17.5. The maximum absolute atomic E-state index is 5.94. The minimum absolute atomic E-state index is 0.163. The van der Waals surface area contributed by atoms with Crippen LogP contribution in [-0.2, 0) is 10.8 Å². The van der Waals surface area contributed by atoms with E-state index in [0.717, 1.165) is 160 Å². The highest BCUT2D eigenvalue weighted by molar-refractivity contribution is 5.97. The molecule has 11 aromatic carbocycles. The van der Waals surface area contributed by atoms with E-state index in [1.54, 1.807) is 0 Å². The van der Waals surface area contributed by atoms with Crippen molar-refractivity contribution in [2.75, 3.05) is 26.4 Å². The molecule has 0 heterocycles. The van der Waals surface area contributed by atoms with Gasteiger partial charge in [0.2, 0.25) is 0 Å². The summed E-state index contributed by atoms with van der Waals surface area (Å²) >= 11 is 0. The molecule has 6 heteroatoms. The molecule has 0 unspecified atom stereocenters. The smallest absolute Gasteiger partial charge is 0.119 e. The summed E-state index contributed by atoms with van der Waals surface area (Å²) in [6.07, 6.45) is 14.7. The first-order valence-electron chi connectivity index (χ1n) is 34.0. The van der Waals surface area contributed by atoms with E-state index in [0.29, 0.717) is 26.4 Å². The Morgan fingerprint density at radius 3 is 0.633 bits per heavy atom. The molecule has 0 amide bonds. The second-order valence-corrected chi connectivity index (χ2v) is 26.6. The lowest BCUT2D eigenvalue weighted by atomic mass is 9.82. The predicted molar refractivity (Wildman–Crippen MR) is 416 cm³/mol. The van der Waals surface area contributed by atoms with Gasteiger partial charge < -0.3 is 18.9 Å². The average Bonchev–Trinajstić information content (AvgIpc) is 0.780. The molecule has 0 saturated carbocycles. The standard InChI is InChI=1S/C92H88N2O4/c1-11-15-55-95-81-47-39-71(40-48-81)67-23-31-75(32-24-67)85-59-79(91(5,6)7)60-86(76-33-25-68(26-34-76)72-41-49-82(50-42-72)96-56-16-12-2)89(85)93-63-65-19-21-66(22-20-65)64-94-90-87(77-35-27-69(28-36-77)73-43-51-83(52-44-73)97-57-17-13-3)61-80(92(8,9)10)62-88(90)78-37-29-70(30-38-78)74-45-53-84(54-46-74)98-58-18-14-4/h11-14,19-54,59-64H,1-4,15-18,55-58H2,5-10H3. The molecule has 11 aromatic rings. The van der Waals surface area contributed by atoms with Crippen LogP contribution in [0.4, 0.5) is 11.4 Å². The molecular weight excluding hydrogens is 1200 g/mol. The third kappa shape index (κ3) is 17.5. The van der Waals surface area contributed by atoms with Crippen LogP contribution in [0.3, 0.4) is 0 Å². The van der Waals surface area contributed by atoms with Gasteiger partial charge in [0.25, 0.3) is 0 Å². The highest BCUT2D eigenvalue weighted by Crippen LogP contribution is 2.46. The molecule has 0 saturated heterocycles. The molecule has 0 atom stereocenters. The van der Waals surface area contributed by atoms with Crippen LogP contribution in [0.5, 0.6) is 23.0 Å². The number of aliphatic imine (C=N–C) groups is 2. The van der Waals surface area contributed by atoms with Crippen molar-refractivity contribution in [3.8, 4) is 112 Å². The van der Waals surface area contributed by atoms with Gasteiger partial charge in [0.15, 0.2) is 0 Å². The van der Waals surface area contributed by atoms with Crippen LogP contribution in [0.2, 0.25) is 0 Å². The van der Waals surface area contributed by atoms with Crippen LogP contribution in [0.15, 0.2) is 303 Å². The molecule has 11 rings (SSSR count). The third-order valence-corrected chi connectivity index (χ3v) is 17.5. The molecular formula is C92H88N2O4. The van der Waals surface area contributed by atoms with Gasteiger partial charge in [0.05, 0.1) is 37.8 Å². The Morgan fingerprint density at radius 2 is 0.449 bits per heavy atom. The molecule has 0 aliphatic carbocycles. The average molecular weight is 1290 g/mol. The van der Waals surface area contributed by atoms with Crippen LogP contribution < -0.4 is 18.9 Å². The first-order chi connectivity index (χ1) is 47.6. The quantitative estimate of drug-likeness (QED) is 0.0279. The number of nitrogens with zero attached hydrogens (tertiary/aromatic N) is 2. The van der Waals surface area contributed by atoms with Gasteiger partial charge in [-0.3, -0.25) is 9.98 Å². The fourth-order valence-corrected chi connectivity index (χ4v) is 11.6. The number of ether oxygens (including phenoxy) is 4. The Bertz CT molecular complexity index is 4010. The largest absolute Gasteiger partial charge is 0.493 e. The SMILES string of the molecule is C=CCCOc1ccc(-c2ccc(-c3cc(C(C)(C)C)cc(-c4ccc(-c5ccc(OCCC=C)cc5)cc4)c3N=Cc3ccc(C=Nc4c(-c5ccc(-c6ccc(OCCC=C)cc6)cc5)cc(C(C)(C)C)cc4-c4ccc(-c5ccc(OCCC=C)cc5)cc4)cc3)cc2)cc1. The van der Waals surface area contributed by atoms with Gasteiger partial charge in [0.1, 0.15) is 23.0 Å². The first kappa shape index (κ1) is 68.3. The van der Waals surface area contributed by atoms with E-state index in [4.69, 9.17) is 28.9 Å². The van der Waals surface area contributed by atoms with Crippen LogP contribution in [0.1, 0.15) is 89.5 Å². The second-order valence-electron chi connectivity index (χ2n) is 26.6. The lowest BCUT2D eigenvalue weighted by molar-refractivity contribution is 0.325. The van der Waals surface area contributed by atoms with E-state index < -0.39 is 0 Å². The van der Waals surface area contributed by atoms with Gasteiger partial charge in [-0.2, -0.15) is 0 Å². The van der Waals surface area contributed by atoms with E-state index in [9.17, 15) is 0 Å². The zero-order chi connectivity index (χ0) is 68.4. The van der Waals surface area contributed by atoms with Crippen LogP contribution in [0, 0.1) is 0 Å². The molecule has 490 valence electrons. The minimum atomic E-state index is -0.163. The topological polar surface area (TPSA) is 61.6 Å². The first-order valence-corrected chi connectivity index (χ1v) is 34.0. The van der Waals surface area contributed by atoms with Gasteiger partial charge in [-0.05, 0) is 198 Å². The van der Waals surface area contributed by atoms with Crippen molar-refractivity contribution >= 4 is 23.8 Å². The highest BCUT2D eigenvalue weighted by Gasteiger charge is 2.23. The molecule has 0 aliphatic heterocycles. The summed E-state index contributed by atoms with van der Waals surface area (Å²) in [5.74, 6) is 3.37. The summed E-state index contributed by atoms with van der Waals surface area (Å²) in [5.41, 5.74) is 23.2. The molecule has 0 bridgehead atoms. The van der Waals surface area contributed by atoms with Crippen molar-refractivity contribution in [2.45, 2.75) is 78.1 Å². The zero-order valence-corrected chi connectivity index (χ0v) is 57.6. The molecule has 0 radical (unpaired) electrons. The Morgan fingerprint density at radius 1 is 0.265 bits per heavy atom. The van der Waals surface area contributed by atoms with Gasteiger partial charge in [-0.1, -0.05) is 236 Å². The Kier molecular flexibility index (Phi) is 22.4. The summed E-state index contributed by atoms with van der Waals surface area (Å²) in [4.78, 5) is 11.0. The normalized spacial score (nSPS) is 11.6. The summed E-state index contributed by atoms with van der Waals surface area (Å²) < 4.78 is 23.8. The maximum Gasteiger partial charge on any atom is 0.119 e. The fraction of sp³-hybridized carbons (Fsp3) is 0.174. The van der Waals surface area contributed by atoms with Crippen molar-refractivity contribution in [2.24, 2.45) is 9.98 Å². The number of hydrogen-bond donors (Lipinski definition) is 0. The highest BCUT2D eigenvalue weighted by atomic mass is 16.5. The zero-order valence-electron chi connectivity index (χ0n) is 57.6. The van der Waals surface area contributed by atoms with E-state index >= 15 is 0 Å². The molecule has 6 nitrogen and oxygen atoms in total. The van der Waals surface area contributed by atoms with Gasteiger partial charge >= 0.3 is 0 Å². The van der Waals surface area contributed by atoms with Crippen molar-refractivity contribution < 1.29 is 18.9 Å². The summed E-state index contributed by atoms with van der Waals surface area (Å²) in [6, 6.07) is 86.5. The summed E-state index contributed by atoms with van der Waals surface area (Å²) in [5, 5.41) is 0. The Balaban J connectivity index is 0.956. The van der Waals surface area contributed by atoms with Crippen LogP contribution >= 0.6 is 0 Å². The van der Waals surface area contributed by atoms with Crippen molar-refractivity contribution in [3.05, 3.63) is 316 Å². The molecule has 0 N–H and O–H groups in total.